The molecule has 1 aliphatic heterocycles. The lowest BCUT2D eigenvalue weighted by molar-refractivity contribution is -0.158. The molecule has 2 fully saturated rings. The summed E-state index contributed by atoms with van der Waals surface area (Å²) in [6.07, 6.45) is 5.83. The van der Waals surface area contributed by atoms with Crippen LogP contribution in [0.2, 0.25) is 0 Å². The highest BCUT2D eigenvalue weighted by molar-refractivity contribution is 7.99. The fraction of sp³-hybridized carbons (Fsp3) is 0.429. The number of thioether (sulfide) groups is 1. The van der Waals surface area contributed by atoms with Crippen LogP contribution < -0.4 is 5.32 Å². The van der Waals surface area contributed by atoms with Crippen molar-refractivity contribution >= 4 is 40.5 Å². The van der Waals surface area contributed by atoms with Crippen LogP contribution in [0.3, 0.4) is 0 Å². The van der Waals surface area contributed by atoms with Gasteiger partial charge < -0.3 is 9.47 Å². The fourth-order valence-corrected chi connectivity index (χ4v) is 5.23. The molecule has 0 atom stereocenters. The highest BCUT2D eigenvalue weighted by atomic mass is 32.2. The molecule has 1 aliphatic carbocycles. The summed E-state index contributed by atoms with van der Waals surface area (Å²) in [6, 6.07) is 7.81. The van der Waals surface area contributed by atoms with Crippen LogP contribution in [0.4, 0.5) is 0 Å². The van der Waals surface area contributed by atoms with Gasteiger partial charge in [-0.2, -0.15) is 0 Å². The van der Waals surface area contributed by atoms with E-state index in [1.807, 2.05) is 28.8 Å². The molecular weight excluding hydrogens is 388 g/mol. The SMILES string of the molecule is C=CCn1c(SCC(=O)N2CC(=O)NC(=O)C23CCCCC3)nc2ccccc21. The van der Waals surface area contributed by atoms with Gasteiger partial charge in [0.2, 0.25) is 11.8 Å². The molecule has 1 aromatic heterocycles. The van der Waals surface area contributed by atoms with Crippen molar-refractivity contribution in [2.24, 2.45) is 0 Å². The van der Waals surface area contributed by atoms with Gasteiger partial charge in [-0.15, -0.1) is 6.58 Å². The largest absolute Gasteiger partial charge is 0.318 e. The zero-order valence-electron chi connectivity index (χ0n) is 16.2. The van der Waals surface area contributed by atoms with Gasteiger partial charge in [-0.25, -0.2) is 4.98 Å². The zero-order chi connectivity index (χ0) is 20.4. The molecule has 2 aliphatic rings. The van der Waals surface area contributed by atoms with E-state index in [4.69, 9.17) is 0 Å². The van der Waals surface area contributed by atoms with Crippen LogP contribution in [-0.4, -0.2) is 50.0 Å². The fourth-order valence-electron chi connectivity index (χ4n) is 4.33. The third kappa shape index (κ3) is 3.57. The second-order valence-electron chi connectivity index (χ2n) is 7.52. The predicted octanol–water partition coefficient (Wildman–Crippen LogP) is 2.50. The van der Waals surface area contributed by atoms with Crippen LogP contribution in [-0.2, 0) is 20.9 Å². The number of carbonyl (C=O) groups is 3. The summed E-state index contributed by atoms with van der Waals surface area (Å²) in [5.74, 6) is -0.811. The summed E-state index contributed by atoms with van der Waals surface area (Å²) in [4.78, 5) is 43.9. The van der Waals surface area contributed by atoms with E-state index in [-0.39, 0.29) is 24.1 Å². The van der Waals surface area contributed by atoms with Gasteiger partial charge in [0, 0.05) is 6.54 Å². The van der Waals surface area contributed by atoms with Gasteiger partial charge in [-0.1, -0.05) is 49.2 Å². The Morgan fingerprint density at radius 3 is 2.76 bits per heavy atom. The Labute approximate surface area is 173 Å². The Kier molecular flexibility index (Phi) is 5.45. The topological polar surface area (TPSA) is 84.3 Å². The molecule has 1 saturated heterocycles. The first-order valence-electron chi connectivity index (χ1n) is 9.89. The molecule has 2 aromatic rings. The summed E-state index contributed by atoms with van der Waals surface area (Å²) in [6.45, 7) is 4.34. The summed E-state index contributed by atoms with van der Waals surface area (Å²) >= 11 is 1.33. The van der Waals surface area contributed by atoms with Gasteiger partial charge in [0.15, 0.2) is 5.16 Å². The molecule has 152 valence electrons. The lowest BCUT2D eigenvalue weighted by Gasteiger charge is -2.47. The molecule has 1 saturated carbocycles. The molecule has 0 unspecified atom stereocenters. The Balaban J connectivity index is 1.56. The maximum Gasteiger partial charge on any atom is 0.252 e. The third-order valence-corrected chi connectivity index (χ3v) is 6.69. The molecule has 7 nitrogen and oxygen atoms in total. The average Bonchev–Trinajstić information content (AvgIpc) is 3.08. The highest BCUT2D eigenvalue weighted by Crippen LogP contribution is 2.36. The number of nitrogens with one attached hydrogen (secondary N) is 1. The van der Waals surface area contributed by atoms with Crippen LogP contribution in [0, 0.1) is 0 Å². The molecule has 0 radical (unpaired) electrons. The molecule has 8 heteroatoms. The minimum atomic E-state index is -0.884. The van der Waals surface area contributed by atoms with Crippen molar-refractivity contribution in [1.82, 2.24) is 19.8 Å². The normalized spacial score (nSPS) is 18.8. The number of hydrogen-bond donors (Lipinski definition) is 1. The maximum absolute atomic E-state index is 13.1. The number of hydrogen-bond acceptors (Lipinski definition) is 5. The second kappa shape index (κ2) is 8.02. The summed E-state index contributed by atoms with van der Waals surface area (Å²) in [7, 11) is 0. The van der Waals surface area contributed by atoms with E-state index >= 15 is 0 Å². The van der Waals surface area contributed by atoms with Crippen molar-refractivity contribution in [3.05, 3.63) is 36.9 Å². The first-order chi connectivity index (χ1) is 14.0. The van der Waals surface area contributed by atoms with Crippen LogP contribution in [0.15, 0.2) is 42.1 Å². The standard InChI is InChI=1S/C21H24N4O3S/c1-2-12-24-16-9-5-4-8-15(16)22-20(24)29-14-18(27)25-13-17(26)23-19(28)21(25)10-6-3-7-11-21/h2,4-5,8-9H,1,3,6-7,10-14H2,(H,23,26,28). The smallest absolute Gasteiger partial charge is 0.252 e. The minimum absolute atomic E-state index is 0.0613. The molecule has 2 heterocycles. The zero-order valence-corrected chi connectivity index (χ0v) is 17.0. The Bertz CT molecular complexity index is 977. The molecule has 0 bridgehead atoms. The number of imidazole rings is 1. The summed E-state index contributed by atoms with van der Waals surface area (Å²) in [5, 5.41) is 3.16. The predicted molar refractivity (Wildman–Crippen MR) is 111 cm³/mol. The van der Waals surface area contributed by atoms with E-state index in [0.717, 1.165) is 35.5 Å². The van der Waals surface area contributed by atoms with Crippen molar-refractivity contribution in [3.63, 3.8) is 0 Å². The van der Waals surface area contributed by atoms with Crippen molar-refractivity contribution in [2.45, 2.75) is 49.3 Å². The Morgan fingerprint density at radius 2 is 2.00 bits per heavy atom. The first kappa shape index (κ1) is 19.7. The molecule has 4 rings (SSSR count). The first-order valence-corrected chi connectivity index (χ1v) is 10.9. The van der Waals surface area contributed by atoms with E-state index in [1.165, 1.54) is 16.7 Å². The van der Waals surface area contributed by atoms with Crippen molar-refractivity contribution in [3.8, 4) is 0 Å². The molecule has 1 aromatic carbocycles. The molecule has 29 heavy (non-hydrogen) atoms. The third-order valence-electron chi connectivity index (χ3n) is 5.73. The van der Waals surface area contributed by atoms with Gasteiger partial charge in [-0.05, 0) is 25.0 Å². The Hall–Kier alpha value is -2.61. The lowest BCUT2D eigenvalue weighted by Crippen LogP contribution is -2.69. The van der Waals surface area contributed by atoms with Gasteiger partial charge in [-0.3, -0.25) is 19.7 Å². The van der Waals surface area contributed by atoms with Gasteiger partial charge in [0.05, 0.1) is 16.8 Å². The number of allylic oxidation sites excluding steroid dienone is 1. The number of imide groups is 1. The molecule has 1 N–H and O–H groups in total. The van der Waals surface area contributed by atoms with Crippen LogP contribution in [0.25, 0.3) is 11.0 Å². The second-order valence-corrected chi connectivity index (χ2v) is 8.46. The van der Waals surface area contributed by atoms with E-state index in [1.54, 1.807) is 6.08 Å². The number of carbonyl (C=O) groups excluding carboxylic acids is 3. The van der Waals surface area contributed by atoms with E-state index < -0.39 is 11.4 Å². The highest BCUT2D eigenvalue weighted by Gasteiger charge is 2.50. The minimum Gasteiger partial charge on any atom is -0.318 e. The van der Waals surface area contributed by atoms with E-state index in [0.29, 0.717) is 19.4 Å². The number of para-hydroxylation sites is 2. The summed E-state index contributed by atoms with van der Waals surface area (Å²) in [5.41, 5.74) is 0.963. The number of benzene rings is 1. The van der Waals surface area contributed by atoms with Gasteiger partial charge in [0.1, 0.15) is 12.1 Å². The van der Waals surface area contributed by atoms with Crippen molar-refractivity contribution in [2.75, 3.05) is 12.3 Å². The lowest BCUT2D eigenvalue weighted by atomic mass is 9.78. The number of amides is 3. The van der Waals surface area contributed by atoms with Crippen molar-refractivity contribution in [1.29, 1.82) is 0 Å². The quantitative estimate of drug-likeness (QED) is 0.463. The van der Waals surface area contributed by atoms with Crippen LogP contribution in [0.1, 0.15) is 32.1 Å². The molecule has 1 spiro atoms. The number of piperazine rings is 1. The maximum atomic E-state index is 13.1. The van der Waals surface area contributed by atoms with Gasteiger partial charge in [0.25, 0.3) is 5.91 Å². The molecular formula is C21H24N4O3S. The average molecular weight is 413 g/mol. The number of rotatable bonds is 5. The van der Waals surface area contributed by atoms with Crippen LogP contribution >= 0.6 is 11.8 Å². The monoisotopic (exact) mass is 412 g/mol. The van der Waals surface area contributed by atoms with Crippen molar-refractivity contribution < 1.29 is 14.4 Å². The number of fused-ring (bicyclic) bond motifs is 1. The number of nitrogens with zero attached hydrogens (tertiary/aromatic N) is 3. The van der Waals surface area contributed by atoms with Crippen LogP contribution in [0.5, 0.6) is 0 Å². The van der Waals surface area contributed by atoms with Gasteiger partial charge >= 0.3 is 0 Å². The molecule has 3 amide bonds. The summed E-state index contributed by atoms with van der Waals surface area (Å²) < 4.78 is 2.02. The Morgan fingerprint density at radius 1 is 1.24 bits per heavy atom. The van der Waals surface area contributed by atoms with E-state index in [9.17, 15) is 14.4 Å². The van der Waals surface area contributed by atoms with E-state index in [2.05, 4.69) is 16.9 Å². The number of aromatic nitrogens is 2.